The van der Waals surface area contributed by atoms with Crippen LogP contribution in [0.4, 0.5) is 0 Å². The van der Waals surface area contributed by atoms with E-state index in [-0.39, 0.29) is 24.6 Å². The molecule has 4 nitrogen and oxygen atoms in total. The van der Waals surface area contributed by atoms with E-state index in [0.29, 0.717) is 6.61 Å². The van der Waals surface area contributed by atoms with Crippen LogP contribution in [-0.2, 0) is 18.9 Å². The van der Waals surface area contributed by atoms with Gasteiger partial charge in [0.1, 0.15) is 12.2 Å². The van der Waals surface area contributed by atoms with Gasteiger partial charge in [-0.15, -0.1) is 0 Å². The molecule has 3 aliphatic heterocycles. The number of fused-ring (bicyclic) bond motifs is 3. The highest BCUT2D eigenvalue weighted by Crippen LogP contribution is 2.41. The Kier molecular flexibility index (Phi) is 1.54. The monoisotopic (exact) mass is 186 g/mol. The second-order valence-corrected chi connectivity index (χ2v) is 4.27. The first kappa shape index (κ1) is 8.17. The third-order valence-electron chi connectivity index (χ3n) is 2.71. The number of hydrogen-bond acceptors (Lipinski definition) is 4. The average molecular weight is 186 g/mol. The maximum absolute atomic E-state index is 5.76. The lowest BCUT2D eigenvalue weighted by molar-refractivity contribution is -0.150. The van der Waals surface area contributed by atoms with E-state index in [1.54, 1.807) is 0 Å². The molecule has 0 aromatic heterocycles. The first-order chi connectivity index (χ1) is 6.16. The zero-order valence-electron chi connectivity index (χ0n) is 7.86. The van der Waals surface area contributed by atoms with Crippen LogP contribution >= 0.6 is 0 Å². The van der Waals surface area contributed by atoms with E-state index in [9.17, 15) is 0 Å². The van der Waals surface area contributed by atoms with Gasteiger partial charge in [-0.25, -0.2) is 0 Å². The largest absolute Gasteiger partial charge is 0.350 e. The SMILES string of the molecule is CC1(C)OC2CCOC3OC3C2O1. The lowest BCUT2D eigenvalue weighted by Gasteiger charge is -2.16. The summed E-state index contributed by atoms with van der Waals surface area (Å²) in [7, 11) is 0. The van der Waals surface area contributed by atoms with Gasteiger partial charge in [-0.3, -0.25) is 0 Å². The predicted molar refractivity (Wildman–Crippen MR) is 43.1 cm³/mol. The molecule has 0 amide bonds. The standard InChI is InChI=1S/C9H14O4/c1-9(2)12-5-3-4-10-8-7(11-8)6(5)13-9/h5-8H,3-4H2,1-2H3. The molecule has 3 heterocycles. The van der Waals surface area contributed by atoms with Crippen LogP contribution < -0.4 is 0 Å². The van der Waals surface area contributed by atoms with E-state index >= 15 is 0 Å². The third-order valence-corrected chi connectivity index (χ3v) is 2.71. The molecule has 0 radical (unpaired) electrons. The molecule has 13 heavy (non-hydrogen) atoms. The van der Waals surface area contributed by atoms with Gasteiger partial charge in [0.05, 0.1) is 12.7 Å². The van der Waals surface area contributed by atoms with Crippen molar-refractivity contribution in [2.75, 3.05) is 6.61 Å². The second-order valence-electron chi connectivity index (χ2n) is 4.27. The summed E-state index contributed by atoms with van der Waals surface area (Å²) in [6.07, 6.45) is 1.20. The zero-order valence-corrected chi connectivity index (χ0v) is 7.86. The fourth-order valence-electron chi connectivity index (χ4n) is 2.14. The van der Waals surface area contributed by atoms with Crippen LogP contribution in [0.15, 0.2) is 0 Å². The van der Waals surface area contributed by atoms with Gasteiger partial charge in [-0.05, 0) is 20.3 Å². The van der Waals surface area contributed by atoms with Gasteiger partial charge < -0.3 is 18.9 Å². The first-order valence-corrected chi connectivity index (χ1v) is 4.78. The summed E-state index contributed by atoms with van der Waals surface area (Å²) < 4.78 is 22.2. The highest BCUT2D eigenvalue weighted by molar-refractivity contribution is 4.97. The Bertz CT molecular complexity index is 228. The predicted octanol–water partition coefficient (Wildman–Crippen LogP) is 0.652. The molecule has 3 fully saturated rings. The Morgan fingerprint density at radius 3 is 2.85 bits per heavy atom. The van der Waals surface area contributed by atoms with Crippen LogP contribution in [0.5, 0.6) is 0 Å². The molecule has 0 saturated carbocycles. The zero-order chi connectivity index (χ0) is 9.05. The molecular weight excluding hydrogens is 172 g/mol. The Morgan fingerprint density at radius 2 is 2.00 bits per heavy atom. The van der Waals surface area contributed by atoms with Gasteiger partial charge in [0.25, 0.3) is 0 Å². The summed E-state index contributed by atoms with van der Waals surface area (Å²) in [6, 6.07) is 0. The summed E-state index contributed by atoms with van der Waals surface area (Å²) in [6.45, 7) is 4.60. The third kappa shape index (κ3) is 1.29. The van der Waals surface area contributed by atoms with Gasteiger partial charge >= 0.3 is 0 Å². The molecule has 4 unspecified atom stereocenters. The number of epoxide rings is 1. The molecule has 3 saturated heterocycles. The van der Waals surface area contributed by atoms with E-state index in [0.717, 1.165) is 6.42 Å². The molecule has 0 aromatic rings. The number of rotatable bonds is 0. The van der Waals surface area contributed by atoms with Gasteiger partial charge in [0, 0.05) is 0 Å². The lowest BCUT2D eigenvalue weighted by Crippen LogP contribution is -2.28. The highest BCUT2D eigenvalue weighted by Gasteiger charge is 2.57. The normalized spacial score (nSPS) is 52.2. The number of hydrogen-bond donors (Lipinski definition) is 0. The minimum absolute atomic E-state index is 0.0347. The average Bonchev–Trinajstić information content (AvgIpc) is 2.72. The minimum Gasteiger partial charge on any atom is -0.350 e. The molecule has 0 aliphatic carbocycles. The Hall–Kier alpha value is -0.160. The van der Waals surface area contributed by atoms with Crippen molar-refractivity contribution in [1.82, 2.24) is 0 Å². The van der Waals surface area contributed by atoms with Crippen molar-refractivity contribution < 1.29 is 18.9 Å². The molecule has 4 heteroatoms. The van der Waals surface area contributed by atoms with E-state index in [1.807, 2.05) is 13.8 Å². The topological polar surface area (TPSA) is 40.2 Å². The molecule has 4 atom stereocenters. The van der Waals surface area contributed by atoms with E-state index in [4.69, 9.17) is 18.9 Å². The minimum atomic E-state index is -0.455. The fourth-order valence-corrected chi connectivity index (χ4v) is 2.14. The van der Waals surface area contributed by atoms with Crippen molar-refractivity contribution in [3.05, 3.63) is 0 Å². The quantitative estimate of drug-likeness (QED) is 0.521. The molecule has 0 aromatic carbocycles. The van der Waals surface area contributed by atoms with Gasteiger partial charge in [0.2, 0.25) is 0 Å². The highest BCUT2D eigenvalue weighted by atomic mass is 16.8. The summed E-state index contributed by atoms with van der Waals surface area (Å²) in [5.74, 6) is -0.455. The molecule has 3 aliphatic rings. The summed E-state index contributed by atoms with van der Waals surface area (Å²) >= 11 is 0. The van der Waals surface area contributed by atoms with Gasteiger partial charge in [0.15, 0.2) is 12.1 Å². The van der Waals surface area contributed by atoms with E-state index in [2.05, 4.69) is 0 Å². The van der Waals surface area contributed by atoms with Crippen molar-refractivity contribution in [3.8, 4) is 0 Å². The van der Waals surface area contributed by atoms with Crippen molar-refractivity contribution in [3.63, 3.8) is 0 Å². The van der Waals surface area contributed by atoms with Crippen LogP contribution in [0.3, 0.4) is 0 Å². The molecule has 74 valence electrons. The first-order valence-electron chi connectivity index (χ1n) is 4.78. The van der Waals surface area contributed by atoms with Crippen molar-refractivity contribution in [2.24, 2.45) is 0 Å². The summed E-state index contributed by atoms with van der Waals surface area (Å²) in [5.41, 5.74) is 0. The van der Waals surface area contributed by atoms with Crippen molar-refractivity contribution in [1.29, 1.82) is 0 Å². The van der Waals surface area contributed by atoms with Crippen LogP contribution in [0.1, 0.15) is 20.3 Å². The summed E-state index contributed by atoms with van der Waals surface area (Å²) in [5, 5.41) is 0. The van der Waals surface area contributed by atoms with Crippen LogP contribution in [0.2, 0.25) is 0 Å². The molecular formula is C9H14O4. The Morgan fingerprint density at radius 1 is 1.15 bits per heavy atom. The lowest BCUT2D eigenvalue weighted by atomic mass is 10.1. The molecule has 0 N–H and O–H groups in total. The number of ether oxygens (including phenoxy) is 4. The molecule has 0 spiro atoms. The summed E-state index contributed by atoms with van der Waals surface area (Å²) in [4.78, 5) is 0. The van der Waals surface area contributed by atoms with Crippen molar-refractivity contribution in [2.45, 2.75) is 50.7 Å². The van der Waals surface area contributed by atoms with Crippen LogP contribution in [0.25, 0.3) is 0 Å². The van der Waals surface area contributed by atoms with Crippen LogP contribution in [0, 0.1) is 0 Å². The van der Waals surface area contributed by atoms with Crippen LogP contribution in [-0.4, -0.2) is 37.0 Å². The second kappa shape index (κ2) is 2.45. The maximum atomic E-state index is 5.76. The Labute approximate surface area is 77.1 Å². The van der Waals surface area contributed by atoms with Gasteiger partial charge in [-0.1, -0.05) is 0 Å². The Balaban J connectivity index is 1.80. The molecule has 3 rings (SSSR count). The fraction of sp³-hybridized carbons (Fsp3) is 1.00. The maximum Gasteiger partial charge on any atom is 0.187 e. The van der Waals surface area contributed by atoms with Gasteiger partial charge in [-0.2, -0.15) is 0 Å². The smallest absolute Gasteiger partial charge is 0.187 e. The van der Waals surface area contributed by atoms with E-state index < -0.39 is 5.79 Å². The van der Waals surface area contributed by atoms with E-state index in [1.165, 1.54) is 0 Å². The molecule has 0 bridgehead atoms. The van der Waals surface area contributed by atoms with Crippen molar-refractivity contribution >= 4 is 0 Å².